The zero-order chi connectivity index (χ0) is 24.1. The van der Waals surface area contributed by atoms with Crippen LogP contribution in [-0.4, -0.2) is 53.5 Å². The average Bonchev–Trinajstić information content (AvgIpc) is 3.16. The van der Waals surface area contributed by atoms with Crippen LogP contribution in [0.25, 0.3) is 0 Å². The molecular weight excluding hydrogens is 713 g/mol. The van der Waals surface area contributed by atoms with Crippen LogP contribution in [0, 0.1) is 19.8 Å². The molecule has 0 saturated carbocycles. The molecule has 0 aliphatic carbocycles. The monoisotopic (exact) mass is 726 g/mol. The molecule has 2 aliphatic rings. The zero-order valence-corrected chi connectivity index (χ0v) is 20.6. The Kier molecular flexibility index (Phi) is 6.81. The molecule has 3 rings (SSSR count). The van der Waals surface area contributed by atoms with Crippen molar-refractivity contribution >= 4 is 33.2 Å². The van der Waals surface area contributed by atoms with Gasteiger partial charge in [-0.3, -0.25) is 0 Å². The van der Waals surface area contributed by atoms with Crippen LogP contribution >= 0.6 is 12.2 Å². The van der Waals surface area contributed by atoms with E-state index >= 15 is 0 Å². The number of benzene rings is 1. The molecule has 0 radical (unpaired) electrons. The maximum absolute atomic E-state index is 13.6. The van der Waals surface area contributed by atoms with Crippen molar-refractivity contribution in [3.05, 3.63) is 41.5 Å². The number of fused-ring (bicyclic) bond motifs is 1. The number of rotatable bonds is 5. The van der Waals surface area contributed by atoms with Crippen molar-refractivity contribution in [3.8, 4) is 0 Å². The second-order valence-electron chi connectivity index (χ2n) is 6.94. The molecule has 0 atom stereocenters. The fourth-order valence-corrected chi connectivity index (χ4v) is 11.2. The number of amides is 3. The number of hydrogen-bond acceptors (Lipinski definition) is 4. The van der Waals surface area contributed by atoms with Gasteiger partial charge in [0.1, 0.15) is 0 Å². The van der Waals surface area contributed by atoms with E-state index in [1.807, 2.05) is 0 Å². The summed E-state index contributed by atoms with van der Waals surface area (Å²) in [4.78, 5) is 37.3. The topological polar surface area (TPSA) is 66.9 Å². The Morgan fingerprint density at radius 3 is 2.22 bits per heavy atom. The van der Waals surface area contributed by atoms with Crippen molar-refractivity contribution in [1.82, 2.24) is 9.80 Å². The molecule has 0 spiro atoms. The van der Waals surface area contributed by atoms with Gasteiger partial charge in [0.15, 0.2) is 0 Å². The number of imide groups is 1. The van der Waals surface area contributed by atoms with Gasteiger partial charge in [-0.2, -0.15) is 0 Å². The van der Waals surface area contributed by atoms with Gasteiger partial charge in [0, 0.05) is 0 Å². The molecule has 0 saturated heterocycles. The van der Waals surface area contributed by atoms with Gasteiger partial charge in [0.2, 0.25) is 0 Å². The van der Waals surface area contributed by atoms with Gasteiger partial charge in [-0.25, -0.2) is 0 Å². The van der Waals surface area contributed by atoms with Crippen molar-refractivity contribution in [2.45, 2.75) is 30.9 Å². The number of halogens is 7. The summed E-state index contributed by atoms with van der Waals surface area (Å²) in [6.07, 6.45) is -9.62. The fraction of sp³-hybridized carbons (Fsp3) is 0.389. The quantitative estimate of drug-likeness (QED) is 0.346. The van der Waals surface area contributed by atoms with E-state index in [4.69, 9.17) is 0 Å². The van der Waals surface area contributed by atoms with Crippen LogP contribution in [0.1, 0.15) is 17.5 Å². The third-order valence-electron chi connectivity index (χ3n) is 4.85. The number of carbonyl (C=O) groups excluding carboxylic acids is 3. The molecule has 32 heavy (non-hydrogen) atoms. The van der Waals surface area contributed by atoms with Gasteiger partial charge < -0.3 is 0 Å². The number of hydrogen-bond donors (Lipinski definition) is 0. The number of carbonyl (C=O) groups is 3. The van der Waals surface area contributed by atoms with E-state index in [9.17, 15) is 40.7 Å². The molecule has 0 fully saturated rings. The summed E-state index contributed by atoms with van der Waals surface area (Å²) in [6.45, 7) is -0.479. The Labute approximate surface area is 191 Å². The van der Waals surface area contributed by atoms with E-state index in [-0.39, 0.29) is 28.3 Å². The SMILES string of the molecule is CN(Cc1ccc2c(c1)C(C(F)(F)F)(C(F)(F)F)O[211At]2Br)C(=O)CCN1C(=O)C=CC1=O. The van der Waals surface area contributed by atoms with Gasteiger partial charge in [-0.1, -0.05) is 0 Å². The standard InChI is InChI=1S/C18H14AtBrF6N2O4/c1-27(13(29)6-7-28-14(30)4-5-15(28)31)9-10-2-3-12-11(8-10)16(17(21,22)23,18(24,25)26)32-19(12)20/h2-5,8H,6-7,9H2,1H3/i19+1. The van der Waals surface area contributed by atoms with Gasteiger partial charge in [-0.15, -0.1) is 0 Å². The molecule has 6 nitrogen and oxygen atoms in total. The summed E-state index contributed by atoms with van der Waals surface area (Å²) in [5, 5.41) is 0. The molecule has 2 heterocycles. The van der Waals surface area contributed by atoms with E-state index < -0.39 is 61.1 Å². The van der Waals surface area contributed by atoms with Crippen molar-refractivity contribution in [2.75, 3.05) is 13.6 Å². The molecule has 3 amide bonds. The summed E-state index contributed by atoms with van der Waals surface area (Å²) in [5.74, 6) is -1.70. The van der Waals surface area contributed by atoms with E-state index in [1.54, 1.807) is 0 Å². The van der Waals surface area contributed by atoms with Gasteiger partial charge in [-0.05, 0) is 0 Å². The first-order valence-electron chi connectivity index (χ1n) is 8.79. The first-order chi connectivity index (χ1) is 14.7. The van der Waals surface area contributed by atoms with Crippen LogP contribution < -0.4 is 3.27 Å². The van der Waals surface area contributed by atoms with Crippen molar-refractivity contribution in [2.24, 2.45) is 0 Å². The van der Waals surface area contributed by atoms with E-state index in [2.05, 4.69) is 15.0 Å². The zero-order valence-electron chi connectivity index (χ0n) is 16.1. The van der Waals surface area contributed by atoms with E-state index in [0.29, 0.717) is 0 Å². The molecular formula is C18H14AtBrF6N2O4. The average molecular weight is 727 g/mol. The molecule has 0 aromatic heterocycles. The van der Waals surface area contributed by atoms with Crippen molar-refractivity contribution in [3.63, 3.8) is 0 Å². The molecule has 1 aromatic carbocycles. The predicted octanol–water partition coefficient (Wildman–Crippen LogP) is 2.78. The summed E-state index contributed by atoms with van der Waals surface area (Å²) < 4.78 is 86.2. The molecule has 2 aliphatic heterocycles. The third kappa shape index (κ3) is 4.33. The molecule has 0 N–H and O–H groups in total. The Hall–Kier alpha value is -1.53. The van der Waals surface area contributed by atoms with Gasteiger partial charge in [0.25, 0.3) is 0 Å². The Bertz CT molecular complexity index is 965. The van der Waals surface area contributed by atoms with Crippen LogP contribution in [0.3, 0.4) is 0 Å². The van der Waals surface area contributed by atoms with Gasteiger partial charge in [0.05, 0.1) is 0 Å². The Balaban J connectivity index is 1.80. The molecule has 1 aromatic rings. The van der Waals surface area contributed by atoms with Crippen LogP contribution in [0.5, 0.6) is 0 Å². The summed E-state index contributed by atoms with van der Waals surface area (Å²) in [7, 11) is 1.31. The first kappa shape index (κ1) is 25.1. The van der Waals surface area contributed by atoms with Crippen molar-refractivity contribution < 1.29 is 63.4 Å². The Morgan fingerprint density at radius 2 is 1.69 bits per heavy atom. The molecule has 14 heteroatoms. The predicted molar refractivity (Wildman–Crippen MR) is 96.8 cm³/mol. The van der Waals surface area contributed by atoms with Crippen LogP contribution in [-0.2, 0) is 29.3 Å². The van der Waals surface area contributed by atoms with Crippen LogP contribution in [0.4, 0.5) is 26.3 Å². The molecule has 0 bridgehead atoms. The summed E-state index contributed by atoms with van der Waals surface area (Å²) in [6, 6.07) is 3.27. The van der Waals surface area contributed by atoms with Gasteiger partial charge >= 0.3 is 192 Å². The van der Waals surface area contributed by atoms with Crippen LogP contribution in [0.15, 0.2) is 30.4 Å². The number of nitrogens with zero attached hydrogens (tertiary/aromatic N) is 2. The minimum atomic E-state index is -5.74. The van der Waals surface area contributed by atoms with E-state index in [1.165, 1.54) is 13.1 Å². The third-order valence-corrected chi connectivity index (χ3v) is 12.7. The second kappa shape index (κ2) is 8.68. The normalized spacial score (nSPS) is 19.0. The summed E-state index contributed by atoms with van der Waals surface area (Å²) >= 11 is -0.789. The minimum absolute atomic E-state index is 0.0414. The maximum atomic E-state index is 13.6. The molecule has 176 valence electrons. The van der Waals surface area contributed by atoms with E-state index in [0.717, 1.165) is 34.1 Å². The fourth-order valence-electron chi connectivity index (χ4n) is 3.22. The van der Waals surface area contributed by atoms with Crippen LogP contribution in [0.2, 0.25) is 0 Å². The summed E-state index contributed by atoms with van der Waals surface area (Å²) in [5.41, 5.74) is -5.40. The number of alkyl halides is 6. The Morgan fingerprint density at radius 1 is 1.12 bits per heavy atom. The molecule has 0 unspecified atom stereocenters. The van der Waals surface area contributed by atoms with Crippen molar-refractivity contribution in [1.29, 1.82) is 0 Å². The second-order valence-corrected chi connectivity index (χ2v) is 15.5. The first-order valence-corrected chi connectivity index (χ1v) is 17.8.